The summed E-state index contributed by atoms with van der Waals surface area (Å²) in [6.45, 7) is 8.30. The van der Waals surface area contributed by atoms with Crippen LogP contribution in [0.5, 0.6) is 17.2 Å². The minimum Gasteiger partial charge on any atom is -0.503 e. The smallest absolute Gasteiger partial charge is 0.410 e. The summed E-state index contributed by atoms with van der Waals surface area (Å²) in [5.41, 5.74) is 0.142. The number of nitrogens with zero attached hydrogens (tertiary/aromatic N) is 4. The molecule has 1 aliphatic rings. The van der Waals surface area contributed by atoms with Crippen molar-refractivity contribution in [3.8, 4) is 17.2 Å². The van der Waals surface area contributed by atoms with Crippen molar-refractivity contribution in [1.82, 2.24) is 19.6 Å². The number of benzene rings is 1. The molecule has 180 valence electrons. The summed E-state index contributed by atoms with van der Waals surface area (Å²) in [7, 11) is 3.09. The molecule has 3 rings (SSSR count). The Labute approximate surface area is 193 Å². The summed E-state index contributed by atoms with van der Waals surface area (Å²) < 4.78 is 17.2. The molecule has 0 unspecified atom stereocenters. The number of hydrogen-bond donors (Lipinski definition) is 1. The molecule has 0 saturated carbocycles. The average molecular weight is 461 g/mol. The summed E-state index contributed by atoms with van der Waals surface area (Å²) in [6, 6.07) is 5.33. The Balaban J connectivity index is 1.63. The molecule has 0 bridgehead atoms. The number of piperazine rings is 1. The van der Waals surface area contributed by atoms with E-state index in [1.807, 2.05) is 26.8 Å². The Morgan fingerprint density at radius 1 is 1.06 bits per heavy atom. The van der Waals surface area contributed by atoms with Gasteiger partial charge in [-0.1, -0.05) is 6.07 Å². The zero-order valence-corrected chi connectivity index (χ0v) is 19.8. The fraction of sp³-hybridized carbons (Fsp3) is 0.522. The number of rotatable bonds is 6. The number of aromatic hydroxyl groups is 1. The van der Waals surface area contributed by atoms with E-state index < -0.39 is 11.2 Å². The van der Waals surface area contributed by atoms with E-state index in [-0.39, 0.29) is 18.4 Å². The molecule has 0 spiro atoms. The van der Waals surface area contributed by atoms with Crippen LogP contribution in [0.25, 0.3) is 0 Å². The highest BCUT2D eigenvalue weighted by Gasteiger charge is 2.26. The lowest BCUT2D eigenvalue weighted by Crippen LogP contribution is -2.49. The fourth-order valence-electron chi connectivity index (χ4n) is 3.55. The van der Waals surface area contributed by atoms with Crippen LogP contribution in [0.15, 0.2) is 29.2 Å². The predicted molar refractivity (Wildman–Crippen MR) is 122 cm³/mol. The quantitative estimate of drug-likeness (QED) is 0.698. The van der Waals surface area contributed by atoms with E-state index >= 15 is 0 Å². The zero-order chi connectivity index (χ0) is 24.2. The van der Waals surface area contributed by atoms with Crippen molar-refractivity contribution in [1.29, 1.82) is 0 Å². The van der Waals surface area contributed by atoms with Gasteiger partial charge in [0.25, 0.3) is 0 Å². The van der Waals surface area contributed by atoms with Crippen LogP contribution in [0.3, 0.4) is 0 Å². The lowest BCUT2D eigenvalue weighted by atomic mass is 10.2. The molecule has 0 radical (unpaired) electrons. The summed E-state index contributed by atoms with van der Waals surface area (Å²) in [6.07, 6.45) is 1.18. The Morgan fingerprint density at radius 3 is 2.33 bits per heavy atom. The monoisotopic (exact) mass is 460 g/mol. The standard InChI is InChI=1S/C23H32N4O6/c1-23(2,3)33-22(30)26-10-8-25(9-11-26)15-17-13-24-27(21(29)20(17)28)14-16-6-7-18(31-4)19(12-16)32-5/h6-7,12-13,28H,8-11,14-15H2,1-5H3. The van der Waals surface area contributed by atoms with Gasteiger partial charge in [-0.25, -0.2) is 9.48 Å². The number of carbonyl (C=O) groups excluding carboxylic acids is 1. The van der Waals surface area contributed by atoms with E-state index in [1.165, 1.54) is 10.9 Å². The van der Waals surface area contributed by atoms with E-state index in [1.54, 1.807) is 31.3 Å². The number of aromatic nitrogens is 2. The van der Waals surface area contributed by atoms with Crippen molar-refractivity contribution >= 4 is 6.09 Å². The molecule has 1 amide bonds. The molecule has 0 aliphatic carbocycles. The third kappa shape index (κ3) is 6.16. The molecule has 1 fully saturated rings. The fourth-order valence-corrected chi connectivity index (χ4v) is 3.55. The summed E-state index contributed by atoms with van der Waals surface area (Å²) in [5.74, 6) is 0.820. The maximum absolute atomic E-state index is 12.7. The van der Waals surface area contributed by atoms with Crippen LogP contribution in [0.2, 0.25) is 0 Å². The average Bonchev–Trinajstić information content (AvgIpc) is 2.78. The first-order valence-electron chi connectivity index (χ1n) is 10.8. The van der Waals surface area contributed by atoms with E-state index in [2.05, 4.69) is 10.00 Å². The van der Waals surface area contributed by atoms with Gasteiger partial charge in [0.2, 0.25) is 0 Å². The van der Waals surface area contributed by atoms with Crippen LogP contribution >= 0.6 is 0 Å². The molecule has 1 aliphatic heterocycles. The number of amides is 1. The van der Waals surface area contributed by atoms with Crippen molar-refractivity contribution in [2.75, 3.05) is 40.4 Å². The Bertz CT molecular complexity index is 1040. The molecule has 10 nitrogen and oxygen atoms in total. The number of ether oxygens (including phenoxy) is 3. The van der Waals surface area contributed by atoms with E-state index in [0.29, 0.717) is 49.8 Å². The second kappa shape index (κ2) is 10.1. The Morgan fingerprint density at radius 2 is 1.73 bits per heavy atom. The maximum atomic E-state index is 12.7. The van der Waals surface area contributed by atoms with E-state index in [4.69, 9.17) is 14.2 Å². The number of hydrogen-bond acceptors (Lipinski definition) is 8. The molecule has 0 atom stereocenters. The van der Waals surface area contributed by atoms with Crippen molar-refractivity contribution in [3.05, 3.63) is 45.9 Å². The lowest BCUT2D eigenvalue weighted by molar-refractivity contribution is 0.0138. The lowest BCUT2D eigenvalue weighted by Gasteiger charge is -2.35. The first-order chi connectivity index (χ1) is 15.6. The molecule has 2 aromatic rings. The van der Waals surface area contributed by atoms with Gasteiger partial charge in [-0.05, 0) is 38.5 Å². The van der Waals surface area contributed by atoms with Gasteiger partial charge in [0.05, 0.1) is 27.0 Å². The summed E-state index contributed by atoms with van der Waals surface area (Å²) >= 11 is 0. The second-order valence-electron chi connectivity index (χ2n) is 8.91. The van der Waals surface area contributed by atoms with E-state index in [0.717, 1.165) is 5.56 Å². The Kier molecular flexibility index (Phi) is 7.47. The summed E-state index contributed by atoms with van der Waals surface area (Å²) in [5, 5.41) is 14.8. The van der Waals surface area contributed by atoms with Gasteiger partial charge in [-0.3, -0.25) is 9.69 Å². The number of methoxy groups -OCH3 is 2. The highest BCUT2D eigenvalue weighted by Crippen LogP contribution is 2.27. The third-order valence-electron chi connectivity index (χ3n) is 5.29. The normalized spacial score (nSPS) is 14.8. The van der Waals surface area contributed by atoms with Crippen molar-refractivity contribution in [3.63, 3.8) is 0 Å². The summed E-state index contributed by atoms with van der Waals surface area (Å²) in [4.78, 5) is 28.6. The molecule has 1 aromatic heterocycles. The van der Waals surface area contributed by atoms with Crippen LogP contribution < -0.4 is 15.0 Å². The van der Waals surface area contributed by atoms with Crippen molar-refractivity contribution in [2.24, 2.45) is 0 Å². The maximum Gasteiger partial charge on any atom is 0.410 e. The van der Waals surface area contributed by atoms with Gasteiger partial charge in [0.15, 0.2) is 17.2 Å². The Hall–Kier alpha value is -3.27. The van der Waals surface area contributed by atoms with Gasteiger partial charge in [-0.15, -0.1) is 0 Å². The predicted octanol–water partition coefficient (Wildman–Crippen LogP) is 2.07. The minimum absolute atomic E-state index is 0.182. The molecule has 1 saturated heterocycles. The van der Waals surface area contributed by atoms with Crippen LogP contribution in [0.1, 0.15) is 31.9 Å². The van der Waals surface area contributed by atoms with Gasteiger partial charge in [0.1, 0.15) is 5.60 Å². The van der Waals surface area contributed by atoms with Gasteiger partial charge in [-0.2, -0.15) is 5.10 Å². The second-order valence-corrected chi connectivity index (χ2v) is 8.91. The topological polar surface area (TPSA) is 106 Å². The molecule has 10 heteroatoms. The van der Waals surface area contributed by atoms with Gasteiger partial charge >= 0.3 is 11.7 Å². The highest BCUT2D eigenvalue weighted by atomic mass is 16.6. The van der Waals surface area contributed by atoms with Crippen LogP contribution in [-0.2, 0) is 17.8 Å². The SMILES string of the molecule is COc1ccc(Cn2ncc(CN3CCN(C(=O)OC(C)(C)C)CC3)c(O)c2=O)cc1OC. The third-order valence-corrected chi connectivity index (χ3v) is 5.29. The highest BCUT2D eigenvalue weighted by molar-refractivity contribution is 5.68. The molecule has 2 heterocycles. The van der Waals surface area contributed by atoms with Crippen LogP contribution in [0.4, 0.5) is 4.79 Å². The van der Waals surface area contributed by atoms with Gasteiger partial charge in [0, 0.05) is 38.3 Å². The van der Waals surface area contributed by atoms with Gasteiger partial charge < -0.3 is 24.2 Å². The molecule has 1 N–H and O–H groups in total. The number of carbonyl (C=O) groups is 1. The van der Waals surface area contributed by atoms with Crippen molar-refractivity contribution < 1.29 is 24.1 Å². The molecule has 33 heavy (non-hydrogen) atoms. The van der Waals surface area contributed by atoms with Crippen LogP contribution in [-0.4, -0.2) is 76.8 Å². The zero-order valence-electron chi connectivity index (χ0n) is 19.8. The first-order valence-corrected chi connectivity index (χ1v) is 10.8. The molecule has 1 aromatic carbocycles. The largest absolute Gasteiger partial charge is 0.503 e. The van der Waals surface area contributed by atoms with Crippen molar-refractivity contribution in [2.45, 2.75) is 39.5 Å². The van der Waals surface area contributed by atoms with E-state index in [9.17, 15) is 14.7 Å². The molecular weight excluding hydrogens is 428 g/mol. The first kappa shape index (κ1) is 24.4. The molecular formula is C23H32N4O6. The minimum atomic E-state index is -0.560. The van der Waals surface area contributed by atoms with Crippen LogP contribution in [0, 0.1) is 0 Å².